The second-order valence-electron chi connectivity index (χ2n) is 7.16. The van der Waals surface area contributed by atoms with E-state index in [0.29, 0.717) is 19.1 Å². The maximum absolute atomic E-state index is 9.48. The van der Waals surface area contributed by atoms with E-state index in [0.717, 1.165) is 47.8 Å². The SMILES string of the molecule is OCCC1CC2CC1C1C3CC(CO)C(C3)C21. The predicted octanol–water partition coefficient (Wildman–Crippen LogP) is 1.91. The number of fused-ring (bicyclic) bond motifs is 9. The highest BCUT2D eigenvalue weighted by molar-refractivity contribution is 5.12. The van der Waals surface area contributed by atoms with E-state index in [4.69, 9.17) is 0 Å². The number of rotatable bonds is 3. The first-order valence-electron chi connectivity index (χ1n) is 7.55. The number of hydrogen-bond donors (Lipinski definition) is 2. The molecule has 8 unspecified atom stereocenters. The first-order chi connectivity index (χ1) is 8.33. The first kappa shape index (κ1) is 10.8. The molecule has 0 heterocycles. The molecule has 0 radical (unpaired) electrons. The fourth-order valence-corrected chi connectivity index (χ4v) is 6.58. The largest absolute Gasteiger partial charge is 0.396 e. The molecule has 4 bridgehead atoms. The highest BCUT2D eigenvalue weighted by Crippen LogP contribution is 2.70. The van der Waals surface area contributed by atoms with Gasteiger partial charge in [-0.15, -0.1) is 0 Å². The lowest BCUT2D eigenvalue weighted by atomic mass is 9.64. The first-order valence-corrected chi connectivity index (χ1v) is 7.55. The third-order valence-electron chi connectivity index (χ3n) is 6.83. The molecule has 0 aromatic heterocycles. The number of hydrogen-bond acceptors (Lipinski definition) is 2. The van der Waals surface area contributed by atoms with E-state index in [1.807, 2.05) is 0 Å². The molecule has 8 atom stereocenters. The normalized spacial score (nSPS) is 58.9. The molecule has 0 aromatic rings. The van der Waals surface area contributed by atoms with E-state index in [9.17, 15) is 10.2 Å². The van der Waals surface area contributed by atoms with Crippen LogP contribution in [0.3, 0.4) is 0 Å². The smallest absolute Gasteiger partial charge is 0.0462 e. The van der Waals surface area contributed by atoms with E-state index < -0.39 is 0 Å². The lowest BCUT2D eigenvalue weighted by molar-refractivity contribution is 0.0451. The fourth-order valence-electron chi connectivity index (χ4n) is 6.58. The van der Waals surface area contributed by atoms with Crippen LogP contribution in [0.1, 0.15) is 32.1 Å². The van der Waals surface area contributed by atoms with Crippen LogP contribution in [-0.2, 0) is 0 Å². The van der Waals surface area contributed by atoms with E-state index in [1.165, 1.54) is 25.7 Å². The summed E-state index contributed by atoms with van der Waals surface area (Å²) in [5, 5.41) is 18.7. The van der Waals surface area contributed by atoms with Gasteiger partial charge in [0.1, 0.15) is 0 Å². The molecule has 4 aliphatic rings. The molecule has 2 nitrogen and oxygen atoms in total. The van der Waals surface area contributed by atoms with E-state index in [1.54, 1.807) is 0 Å². The molecule has 4 saturated carbocycles. The molecule has 0 spiro atoms. The summed E-state index contributed by atoms with van der Waals surface area (Å²) in [7, 11) is 0. The van der Waals surface area contributed by atoms with Crippen molar-refractivity contribution in [1.29, 1.82) is 0 Å². The average molecular weight is 236 g/mol. The van der Waals surface area contributed by atoms with Gasteiger partial charge in [-0.25, -0.2) is 0 Å². The van der Waals surface area contributed by atoms with Gasteiger partial charge in [0.15, 0.2) is 0 Å². The minimum Gasteiger partial charge on any atom is -0.396 e. The van der Waals surface area contributed by atoms with Gasteiger partial charge in [0, 0.05) is 13.2 Å². The maximum Gasteiger partial charge on any atom is 0.0462 e. The third kappa shape index (κ3) is 1.29. The van der Waals surface area contributed by atoms with Crippen molar-refractivity contribution in [3.8, 4) is 0 Å². The summed E-state index contributed by atoms with van der Waals surface area (Å²) in [5.41, 5.74) is 0. The van der Waals surface area contributed by atoms with Crippen molar-refractivity contribution in [3.05, 3.63) is 0 Å². The van der Waals surface area contributed by atoms with Crippen molar-refractivity contribution in [2.45, 2.75) is 32.1 Å². The molecular formula is C15H24O2. The molecule has 4 aliphatic carbocycles. The molecular weight excluding hydrogens is 212 g/mol. The summed E-state index contributed by atoms with van der Waals surface area (Å²) in [4.78, 5) is 0. The van der Waals surface area contributed by atoms with Crippen molar-refractivity contribution < 1.29 is 10.2 Å². The molecule has 17 heavy (non-hydrogen) atoms. The van der Waals surface area contributed by atoms with Crippen LogP contribution in [0.15, 0.2) is 0 Å². The van der Waals surface area contributed by atoms with Crippen LogP contribution in [0.25, 0.3) is 0 Å². The standard InChI is InChI=1S/C15H24O2/c16-2-1-8-3-9-5-12(8)14-10-4-11(7-17)13(6-10)15(9)14/h8-17H,1-7H2. The van der Waals surface area contributed by atoms with Crippen LogP contribution in [0.5, 0.6) is 0 Å². The second-order valence-corrected chi connectivity index (χ2v) is 7.16. The van der Waals surface area contributed by atoms with Crippen LogP contribution < -0.4 is 0 Å². The maximum atomic E-state index is 9.48. The summed E-state index contributed by atoms with van der Waals surface area (Å²) in [5.74, 6) is 7.09. The lowest BCUT2D eigenvalue weighted by Gasteiger charge is -2.41. The fraction of sp³-hybridized carbons (Fsp3) is 1.00. The zero-order chi connectivity index (χ0) is 11.6. The Kier molecular flexibility index (Phi) is 2.36. The minimum atomic E-state index is 0.388. The Labute approximate surface area is 103 Å². The second kappa shape index (κ2) is 3.71. The number of aliphatic hydroxyl groups excluding tert-OH is 2. The van der Waals surface area contributed by atoms with E-state index in [2.05, 4.69) is 0 Å². The molecule has 2 N–H and O–H groups in total. The van der Waals surface area contributed by atoms with Crippen LogP contribution in [0.4, 0.5) is 0 Å². The lowest BCUT2D eigenvalue weighted by Crippen LogP contribution is -2.36. The van der Waals surface area contributed by atoms with Crippen LogP contribution in [0, 0.1) is 47.3 Å². The Morgan fingerprint density at radius 1 is 0.765 bits per heavy atom. The van der Waals surface area contributed by atoms with Crippen LogP contribution in [0.2, 0.25) is 0 Å². The Bertz CT molecular complexity index is 314. The van der Waals surface area contributed by atoms with Gasteiger partial charge >= 0.3 is 0 Å². The van der Waals surface area contributed by atoms with Crippen molar-refractivity contribution >= 4 is 0 Å². The van der Waals surface area contributed by atoms with Gasteiger partial charge in [-0.3, -0.25) is 0 Å². The van der Waals surface area contributed by atoms with Gasteiger partial charge < -0.3 is 10.2 Å². The average Bonchev–Trinajstić information content (AvgIpc) is 3.05. The summed E-state index contributed by atoms with van der Waals surface area (Å²) in [6.07, 6.45) is 6.60. The van der Waals surface area contributed by atoms with E-state index >= 15 is 0 Å². The molecule has 4 rings (SSSR count). The highest BCUT2D eigenvalue weighted by atomic mass is 16.3. The third-order valence-corrected chi connectivity index (χ3v) is 6.83. The molecule has 0 amide bonds. The zero-order valence-corrected chi connectivity index (χ0v) is 10.5. The molecule has 96 valence electrons. The number of aliphatic hydroxyl groups is 2. The van der Waals surface area contributed by atoms with Gasteiger partial charge in [-0.05, 0) is 79.4 Å². The molecule has 4 fully saturated rings. The van der Waals surface area contributed by atoms with Gasteiger partial charge in [-0.2, -0.15) is 0 Å². The van der Waals surface area contributed by atoms with Crippen molar-refractivity contribution in [3.63, 3.8) is 0 Å². The van der Waals surface area contributed by atoms with Crippen molar-refractivity contribution in [1.82, 2.24) is 0 Å². The van der Waals surface area contributed by atoms with Crippen LogP contribution in [-0.4, -0.2) is 23.4 Å². The van der Waals surface area contributed by atoms with Crippen molar-refractivity contribution in [2.75, 3.05) is 13.2 Å². The quantitative estimate of drug-likeness (QED) is 0.735. The summed E-state index contributed by atoms with van der Waals surface area (Å²) >= 11 is 0. The molecule has 0 saturated heterocycles. The monoisotopic (exact) mass is 236 g/mol. The minimum absolute atomic E-state index is 0.388. The molecule has 2 heteroatoms. The summed E-state index contributed by atoms with van der Waals surface area (Å²) < 4.78 is 0. The van der Waals surface area contributed by atoms with Gasteiger partial charge in [0.2, 0.25) is 0 Å². The summed E-state index contributed by atoms with van der Waals surface area (Å²) in [6.45, 7) is 0.820. The van der Waals surface area contributed by atoms with E-state index in [-0.39, 0.29) is 0 Å². The predicted molar refractivity (Wildman–Crippen MR) is 65.2 cm³/mol. The topological polar surface area (TPSA) is 40.5 Å². The van der Waals surface area contributed by atoms with Crippen LogP contribution >= 0.6 is 0 Å². The van der Waals surface area contributed by atoms with Gasteiger partial charge in [-0.1, -0.05) is 0 Å². The Morgan fingerprint density at radius 3 is 1.94 bits per heavy atom. The Morgan fingerprint density at radius 2 is 1.35 bits per heavy atom. The molecule has 0 aromatic carbocycles. The highest BCUT2D eigenvalue weighted by Gasteiger charge is 2.63. The zero-order valence-electron chi connectivity index (χ0n) is 10.5. The van der Waals surface area contributed by atoms with Crippen molar-refractivity contribution in [2.24, 2.45) is 47.3 Å². The Hall–Kier alpha value is -0.0800. The summed E-state index contributed by atoms with van der Waals surface area (Å²) in [6, 6.07) is 0. The molecule has 0 aliphatic heterocycles. The van der Waals surface area contributed by atoms with Gasteiger partial charge in [0.05, 0.1) is 0 Å². The van der Waals surface area contributed by atoms with Gasteiger partial charge in [0.25, 0.3) is 0 Å². The Balaban J connectivity index is 1.57.